The van der Waals surface area contributed by atoms with Crippen LogP contribution in [0.4, 0.5) is 0 Å². The Morgan fingerprint density at radius 3 is 2.60 bits per heavy atom. The Morgan fingerprint density at radius 2 is 2.00 bits per heavy atom. The molecule has 0 fully saturated rings. The van der Waals surface area contributed by atoms with Crippen molar-refractivity contribution in [2.75, 3.05) is 13.2 Å². The van der Waals surface area contributed by atoms with Crippen molar-refractivity contribution in [3.8, 4) is 11.5 Å². The smallest absolute Gasteiger partial charge is 0.161 e. The first-order chi connectivity index (χ1) is 9.80. The molecule has 1 aromatic carbocycles. The lowest BCUT2D eigenvalue weighted by atomic mass is 10.1. The Labute approximate surface area is 117 Å². The lowest BCUT2D eigenvalue weighted by Crippen LogP contribution is -2.29. The third kappa shape index (κ3) is 3.06. The third-order valence-electron chi connectivity index (χ3n) is 2.77. The predicted molar refractivity (Wildman–Crippen MR) is 74.3 cm³/mol. The Balaban J connectivity index is 2.33. The first-order valence-electron chi connectivity index (χ1n) is 6.51. The molecule has 108 valence electrons. The van der Waals surface area contributed by atoms with Gasteiger partial charge < -0.3 is 9.47 Å². The number of hydrogen-bond acceptors (Lipinski definition) is 6. The van der Waals surface area contributed by atoms with Crippen LogP contribution >= 0.6 is 0 Å². The lowest BCUT2D eigenvalue weighted by Gasteiger charge is -2.17. The monoisotopic (exact) mass is 277 g/mol. The van der Waals surface area contributed by atoms with Crippen LogP contribution < -0.4 is 20.7 Å². The van der Waals surface area contributed by atoms with E-state index in [1.807, 2.05) is 32.0 Å². The van der Waals surface area contributed by atoms with Crippen molar-refractivity contribution in [1.29, 1.82) is 0 Å². The number of nitrogens with one attached hydrogen (secondary N) is 2. The van der Waals surface area contributed by atoms with Crippen LogP contribution in [0.1, 0.15) is 31.3 Å². The van der Waals surface area contributed by atoms with Gasteiger partial charge in [-0.05, 0) is 31.5 Å². The molecule has 2 aromatic rings. The van der Waals surface area contributed by atoms with Crippen molar-refractivity contribution in [2.45, 2.75) is 19.9 Å². The summed E-state index contributed by atoms with van der Waals surface area (Å²) in [6, 6.07) is 5.39. The normalized spacial score (nSPS) is 12.2. The first kappa shape index (κ1) is 14.3. The van der Waals surface area contributed by atoms with E-state index in [-0.39, 0.29) is 6.04 Å². The summed E-state index contributed by atoms with van der Waals surface area (Å²) in [5.41, 5.74) is 3.62. The number of hydrogen-bond donors (Lipinski definition) is 3. The van der Waals surface area contributed by atoms with Gasteiger partial charge in [-0.15, -0.1) is 0 Å². The highest BCUT2D eigenvalue weighted by atomic mass is 16.5. The van der Waals surface area contributed by atoms with Crippen LogP contribution in [0, 0.1) is 0 Å². The molecule has 0 aliphatic carbocycles. The maximum atomic E-state index is 5.61. The molecular weight excluding hydrogens is 258 g/mol. The number of nitrogens with two attached hydrogens (primary N) is 1. The van der Waals surface area contributed by atoms with Crippen molar-refractivity contribution in [1.82, 2.24) is 20.6 Å². The van der Waals surface area contributed by atoms with E-state index in [9.17, 15) is 0 Å². The summed E-state index contributed by atoms with van der Waals surface area (Å²) in [4.78, 5) is 4.12. The minimum atomic E-state index is -0.285. The number of H-pyrrole nitrogens is 1. The summed E-state index contributed by atoms with van der Waals surface area (Å²) in [7, 11) is 0. The average Bonchev–Trinajstić information content (AvgIpc) is 2.97. The summed E-state index contributed by atoms with van der Waals surface area (Å²) >= 11 is 0. The zero-order chi connectivity index (χ0) is 14.4. The second kappa shape index (κ2) is 6.88. The van der Waals surface area contributed by atoms with E-state index in [0.29, 0.717) is 30.5 Å². The fourth-order valence-corrected chi connectivity index (χ4v) is 1.93. The van der Waals surface area contributed by atoms with E-state index >= 15 is 0 Å². The zero-order valence-electron chi connectivity index (χ0n) is 11.6. The van der Waals surface area contributed by atoms with Crippen molar-refractivity contribution >= 4 is 0 Å². The van der Waals surface area contributed by atoms with Crippen LogP contribution in [0.2, 0.25) is 0 Å². The molecule has 2 rings (SSSR count). The minimum absolute atomic E-state index is 0.285. The molecule has 0 bridgehead atoms. The topological polar surface area (TPSA) is 98.1 Å². The number of hydrazine groups is 1. The van der Waals surface area contributed by atoms with Crippen LogP contribution in [0.15, 0.2) is 24.5 Å². The molecule has 1 heterocycles. The van der Waals surface area contributed by atoms with Crippen LogP contribution in [0.25, 0.3) is 0 Å². The Bertz CT molecular complexity index is 530. The van der Waals surface area contributed by atoms with Crippen LogP contribution in [0.5, 0.6) is 11.5 Å². The molecule has 0 radical (unpaired) electrons. The lowest BCUT2D eigenvalue weighted by molar-refractivity contribution is 0.287. The maximum Gasteiger partial charge on any atom is 0.161 e. The van der Waals surface area contributed by atoms with E-state index < -0.39 is 0 Å². The highest BCUT2D eigenvalue weighted by Gasteiger charge is 2.17. The molecule has 0 aliphatic rings. The van der Waals surface area contributed by atoms with Gasteiger partial charge in [0.1, 0.15) is 18.2 Å². The van der Waals surface area contributed by atoms with Gasteiger partial charge in [0.05, 0.1) is 13.2 Å². The Morgan fingerprint density at radius 1 is 1.25 bits per heavy atom. The van der Waals surface area contributed by atoms with Crippen molar-refractivity contribution in [2.24, 2.45) is 5.84 Å². The van der Waals surface area contributed by atoms with Gasteiger partial charge >= 0.3 is 0 Å². The highest BCUT2D eigenvalue weighted by Crippen LogP contribution is 2.31. The number of benzene rings is 1. The molecule has 4 N–H and O–H groups in total. The summed E-state index contributed by atoms with van der Waals surface area (Å²) in [5, 5.41) is 6.64. The van der Waals surface area contributed by atoms with E-state index in [1.165, 1.54) is 6.33 Å². The van der Waals surface area contributed by atoms with E-state index in [1.54, 1.807) is 0 Å². The maximum absolute atomic E-state index is 5.61. The molecule has 0 amide bonds. The van der Waals surface area contributed by atoms with Crippen LogP contribution in [0.3, 0.4) is 0 Å². The average molecular weight is 277 g/mol. The molecule has 0 spiro atoms. The highest BCUT2D eigenvalue weighted by molar-refractivity contribution is 5.44. The van der Waals surface area contributed by atoms with Gasteiger partial charge in [0.2, 0.25) is 0 Å². The Hall–Kier alpha value is -2.12. The molecule has 7 heteroatoms. The second-order valence-electron chi connectivity index (χ2n) is 4.04. The van der Waals surface area contributed by atoms with Gasteiger partial charge in [0.15, 0.2) is 11.5 Å². The van der Waals surface area contributed by atoms with Gasteiger partial charge in [0.25, 0.3) is 0 Å². The molecule has 0 aliphatic heterocycles. The van der Waals surface area contributed by atoms with Gasteiger partial charge in [-0.3, -0.25) is 10.9 Å². The molecule has 0 saturated heterocycles. The van der Waals surface area contributed by atoms with E-state index in [2.05, 4.69) is 20.6 Å². The van der Waals surface area contributed by atoms with Crippen molar-refractivity contribution in [3.63, 3.8) is 0 Å². The summed E-state index contributed by atoms with van der Waals surface area (Å²) in [5.74, 6) is 7.65. The van der Waals surface area contributed by atoms with Gasteiger partial charge in [-0.25, -0.2) is 10.4 Å². The van der Waals surface area contributed by atoms with Gasteiger partial charge in [0, 0.05) is 0 Å². The largest absolute Gasteiger partial charge is 0.490 e. The molecule has 0 saturated carbocycles. The summed E-state index contributed by atoms with van der Waals surface area (Å²) in [6.45, 7) is 5.01. The quantitative estimate of drug-likeness (QED) is 0.519. The van der Waals surface area contributed by atoms with E-state index in [0.717, 1.165) is 5.56 Å². The van der Waals surface area contributed by atoms with E-state index in [4.69, 9.17) is 15.3 Å². The molecule has 1 atom stereocenters. The fraction of sp³-hybridized carbons (Fsp3) is 0.385. The predicted octanol–water partition coefficient (Wildman–Crippen LogP) is 1.15. The van der Waals surface area contributed by atoms with Gasteiger partial charge in [-0.1, -0.05) is 6.07 Å². The fourth-order valence-electron chi connectivity index (χ4n) is 1.93. The van der Waals surface area contributed by atoms with Crippen LogP contribution in [-0.4, -0.2) is 28.4 Å². The molecule has 1 aromatic heterocycles. The second-order valence-corrected chi connectivity index (χ2v) is 4.04. The van der Waals surface area contributed by atoms with Crippen molar-refractivity contribution < 1.29 is 9.47 Å². The SMILES string of the molecule is CCOc1ccc(C(NN)c2ncn[nH]2)cc1OCC. The van der Waals surface area contributed by atoms with Crippen LogP contribution in [-0.2, 0) is 0 Å². The standard InChI is InChI=1S/C13H19N5O2/c1-3-19-10-6-5-9(7-11(10)20-4-2)12(17-14)13-15-8-16-18-13/h5-8,12,17H,3-4,14H2,1-2H3,(H,15,16,18). The van der Waals surface area contributed by atoms with Crippen molar-refractivity contribution in [3.05, 3.63) is 35.9 Å². The number of nitrogens with zero attached hydrogens (tertiary/aromatic N) is 2. The summed E-state index contributed by atoms with van der Waals surface area (Å²) < 4.78 is 11.1. The summed E-state index contributed by atoms with van der Waals surface area (Å²) in [6.07, 6.45) is 1.44. The third-order valence-corrected chi connectivity index (χ3v) is 2.77. The Kier molecular flexibility index (Phi) is 4.91. The molecular formula is C13H19N5O2. The zero-order valence-corrected chi connectivity index (χ0v) is 11.6. The number of aromatic amines is 1. The number of aromatic nitrogens is 3. The van der Waals surface area contributed by atoms with Gasteiger partial charge in [-0.2, -0.15) is 5.10 Å². The molecule has 7 nitrogen and oxygen atoms in total. The first-order valence-corrected chi connectivity index (χ1v) is 6.51. The molecule has 1 unspecified atom stereocenters. The minimum Gasteiger partial charge on any atom is -0.490 e. The number of rotatable bonds is 7. The number of ether oxygens (including phenoxy) is 2. The molecule has 20 heavy (non-hydrogen) atoms.